The lowest BCUT2D eigenvalue weighted by molar-refractivity contribution is -0.124. The highest BCUT2D eigenvalue weighted by Crippen LogP contribution is 2.61. The quantitative estimate of drug-likeness (QED) is 0.672. The van der Waals surface area contributed by atoms with Gasteiger partial charge in [-0.1, -0.05) is 30.3 Å². The van der Waals surface area contributed by atoms with Crippen LogP contribution < -0.4 is 10.2 Å². The van der Waals surface area contributed by atoms with Crippen LogP contribution in [-0.2, 0) is 4.79 Å². The van der Waals surface area contributed by atoms with E-state index in [-0.39, 0.29) is 17.2 Å². The molecule has 1 aliphatic heterocycles. The van der Waals surface area contributed by atoms with Crippen LogP contribution in [0.1, 0.15) is 55.3 Å². The maximum atomic E-state index is 13.2. The van der Waals surface area contributed by atoms with E-state index in [4.69, 9.17) is 0 Å². The lowest BCUT2D eigenvalue weighted by Crippen LogP contribution is -2.49. The van der Waals surface area contributed by atoms with E-state index in [9.17, 15) is 9.59 Å². The Morgan fingerprint density at radius 2 is 1.38 bits per heavy atom. The molecular weight excluding hydrogens is 422 g/mol. The van der Waals surface area contributed by atoms with E-state index < -0.39 is 0 Å². The average molecular weight is 458 g/mol. The summed E-state index contributed by atoms with van der Waals surface area (Å²) in [6.45, 7) is 2.90. The lowest BCUT2D eigenvalue weighted by Gasteiger charge is -2.56. The Balaban J connectivity index is 1.10. The first kappa shape index (κ1) is 21.7. The van der Waals surface area contributed by atoms with Gasteiger partial charge in [0, 0.05) is 38.2 Å². The number of nitrogens with one attached hydrogen (secondary N) is 1. The first-order valence-corrected chi connectivity index (χ1v) is 13.1. The summed E-state index contributed by atoms with van der Waals surface area (Å²) in [5.41, 5.74) is 2.96. The summed E-state index contributed by atoms with van der Waals surface area (Å²) < 4.78 is 0. The zero-order chi connectivity index (χ0) is 23.1. The molecule has 2 amide bonds. The van der Waals surface area contributed by atoms with Crippen LogP contribution in [0.25, 0.3) is 0 Å². The van der Waals surface area contributed by atoms with Crippen molar-refractivity contribution < 1.29 is 9.59 Å². The van der Waals surface area contributed by atoms with Gasteiger partial charge in [0.15, 0.2) is 0 Å². The van der Waals surface area contributed by atoms with Crippen molar-refractivity contribution in [3.05, 3.63) is 60.2 Å². The van der Waals surface area contributed by atoms with Gasteiger partial charge in [-0.05, 0) is 86.0 Å². The molecular formula is C29H35N3O2. The topological polar surface area (TPSA) is 52.7 Å². The Labute approximate surface area is 202 Å². The van der Waals surface area contributed by atoms with Crippen LogP contribution in [0.15, 0.2) is 54.6 Å². The Hall–Kier alpha value is -2.82. The summed E-state index contributed by atoms with van der Waals surface area (Å²) in [5.74, 6) is 2.85. The maximum absolute atomic E-state index is 13.2. The van der Waals surface area contributed by atoms with Crippen molar-refractivity contribution in [2.24, 2.45) is 23.2 Å². The molecule has 0 unspecified atom stereocenters. The van der Waals surface area contributed by atoms with Crippen LogP contribution in [0.4, 0.5) is 11.4 Å². The summed E-state index contributed by atoms with van der Waals surface area (Å²) in [6, 6.07) is 17.7. The molecule has 2 aromatic carbocycles. The Morgan fingerprint density at radius 3 is 2.03 bits per heavy atom. The molecule has 0 atom stereocenters. The number of hydrogen-bond acceptors (Lipinski definition) is 3. The van der Waals surface area contributed by atoms with Crippen molar-refractivity contribution in [1.82, 2.24) is 4.90 Å². The predicted octanol–water partition coefficient (Wildman–Crippen LogP) is 5.19. The molecule has 0 spiro atoms. The standard InChI is InChI=1S/C29H35N3O2/c33-27(20-29-17-21-14-22(18-29)16-23(15-21)19-29)30-25-8-4-5-9-26(25)31-10-12-32(13-11-31)28(34)24-6-2-1-3-7-24/h1-9,21-23H,10-20H2,(H,30,33). The van der Waals surface area contributed by atoms with Gasteiger partial charge < -0.3 is 15.1 Å². The Bertz CT molecular complexity index is 1020. The van der Waals surface area contributed by atoms with E-state index >= 15 is 0 Å². The molecule has 4 saturated carbocycles. The fourth-order valence-corrected chi connectivity index (χ4v) is 7.81. The van der Waals surface area contributed by atoms with Gasteiger partial charge in [-0.25, -0.2) is 0 Å². The van der Waals surface area contributed by atoms with Gasteiger partial charge in [-0.3, -0.25) is 9.59 Å². The van der Waals surface area contributed by atoms with Crippen LogP contribution in [0.2, 0.25) is 0 Å². The van der Waals surface area contributed by atoms with Crippen LogP contribution >= 0.6 is 0 Å². The van der Waals surface area contributed by atoms with Gasteiger partial charge in [-0.15, -0.1) is 0 Å². The van der Waals surface area contributed by atoms with E-state index in [0.717, 1.165) is 47.8 Å². The van der Waals surface area contributed by atoms with E-state index in [1.165, 1.54) is 38.5 Å². The zero-order valence-electron chi connectivity index (χ0n) is 19.9. The van der Waals surface area contributed by atoms with Crippen LogP contribution in [0, 0.1) is 23.2 Å². The van der Waals surface area contributed by atoms with Gasteiger partial charge in [0.05, 0.1) is 11.4 Å². The first-order chi connectivity index (χ1) is 16.6. The highest BCUT2D eigenvalue weighted by molar-refractivity contribution is 5.95. The van der Waals surface area contributed by atoms with Crippen molar-refractivity contribution in [3.8, 4) is 0 Å². The molecule has 0 radical (unpaired) electrons. The average Bonchev–Trinajstić information content (AvgIpc) is 2.83. The molecule has 2 aromatic rings. The molecule has 4 bridgehead atoms. The number of para-hydroxylation sites is 2. The van der Waals surface area contributed by atoms with Crippen molar-refractivity contribution in [1.29, 1.82) is 0 Å². The molecule has 7 rings (SSSR count). The zero-order valence-corrected chi connectivity index (χ0v) is 19.9. The van der Waals surface area contributed by atoms with Gasteiger partial charge in [0.2, 0.25) is 5.91 Å². The third-order valence-corrected chi connectivity index (χ3v) is 8.81. The summed E-state index contributed by atoms with van der Waals surface area (Å²) in [6.07, 6.45) is 8.65. The van der Waals surface area contributed by atoms with E-state index in [1.807, 2.05) is 53.4 Å². The van der Waals surface area contributed by atoms with E-state index in [2.05, 4.69) is 16.3 Å². The first-order valence-electron chi connectivity index (χ1n) is 13.1. The van der Waals surface area contributed by atoms with Crippen molar-refractivity contribution in [2.45, 2.75) is 44.9 Å². The monoisotopic (exact) mass is 457 g/mol. The number of rotatable bonds is 5. The SMILES string of the molecule is O=C(CC12CC3CC(CC(C3)C1)C2)Nc1ccccc1N1CCN(C(=O)c2ccccc2)CC1. The van der Waals surface area contributed by atoms with Gasteiger partial charge >= 0.3 is 0 Å². The Morgan fingerprint density at radius 1 is 0.794 bits per heavy atom. The van der Waals surface area contributed by atoms with E-state index in [0.29, 0.717) is 19.5 Å². The second-order valence-electron chi connectivity index (χ2n) is 11.3. The molecule has 1 N–H and O–H groups in total. The van der Waals surface area contributed by atoms with E-state index in [1.54, 1.807) is 0 Å². The lowest BCUT2D eigenvalue weighted by atomic mass is 9.49. The maximum Gasteiger partial charge on any atom is 0.253 e. The molecule has 5 heteroatoms. The molecule has 1 heterocycles. The second-order valence-corrected chi connectivity index (χ2v) is 11.3. The highest BCUT2D eigenvalue weighted by Gasteiger charge is 2.51. The Kier molecular flexibility index (Phi) is 5.59. The summed E-state index contributed by atoms with van der Waals surface area (Å²) in [7, 11) is 0. The van der Waals surface area contributed by atoms with Crippen LogP contribution in [0.5, 0.6) is 0 Å². The molecule has 5 fully saturated rings. The minimum atomic E-state index is 0.0948. The van der Waals surface area contributed by atoms with Gasteiger partial charge in [0.1, 0.15) is 0 Å². The van der Waals surface area contributed by atoms with Crippen molar-refractivity contribution in [2.75, 3.05) is 36.4 Å². The molecule has 0 aromatic heterocycles. The number of benzene rings is 2. The molecule has 178 valence electrons. The predicted molar refractivity (Wildman–Crippen MR) is 135 cm³/mol. The van der Waals surface area contributed by atoms with Crippen molar-refractivity contribution >= 4 is 23.2 Å². The number of carbonyl (C=O) groups is 2. The largest absolute Gasteiger partial charge is 0.366 e. The number of anilines is 2. The fourth-order valence-electron chi connectivity index (χ4n) is 7.81. The van der Waals surface area contributed by atoms with Gasteiger partial charge in [0.25, 0.3) is 5.91 Å². The van der Waals surface area contributed by atoms with Crippen molar-refractivity contribution in [3.63, 3.8) is 0 Å². The van der Waals surface area contributed by atoms with Crippen LogP contribution in [0.3, 0.4) is 0 Å². The number of hydrogen-bond donors (Lipinski definition) is 1. The normalized spacial score (nSPS) is 29.8. The third kappa shape index (κ3) is 4.21. The number of amides is 2. The van der Waals surface area contributed by atoms with Gasteiger partial charge in [-0.2, -0.15) is 0 Å². The summed E-state index contributed by atoms with van der Waals surface area (Å²) in [4.78, 5) is 30.3. The third-order valence-electron chi connectivity index (χ3n) is 8.81. The summed E-state index contributed by atoms with van der Waals surface area (Å²) >= 11 is 0. The molecule has 5 nitrogen and oxygen atoms in total. The smallest absolute Gasteiger partial charge is 0.253 e. The number of piperazine rings is 1. The summed E-state index contributed by atoms with van der Waals surface area (Å²) in [5, 5.41) is 3.28. The fraction of sp³-hybridized carbons (Fsp3) is 0.517. The number of carbonyl (C=O) groups excluding carboxylic acids is 2. The minimum absolute atomic E-state index is 0.0948. The molecule has 5 aliphatic rings. The molecule has 4 aliphatic carbocycles. The molecule has 34 heavy (non-hydrogen) atoms. The molecule has 1 saturated heterocycles. The minimum Gasteiger partial charge on any atom is -0.366 e. The number of nitrogens with zero attached hydrogens (tertiary/aromatic N) is 2. The van der Waals surface area contributed by atoms with Crippen LogP contribution in [-0.4, -0.2) is 42.9 Å². The highest BCUT2D eigenvalue weighted by atomic mass is 16.2. The second kappa shape index (κ2) is 8.75.